The van der Waals surface area contributed by atoms with E-state index in [2.05, 4.69) is 76.7 Å². The van der Waals surface area contributed by atoms with Crippen LogP contribution in [-0.4, -0.2) is 36.6 Å². The minimum absolute atomic E-state index is 0.00529. The summed E-state index contributed by atoms with van der Waals surface area (Å²) in [7, 11) is 2.08. The van der Waals surface area contributed by atoms with Crippen molar-refractivity contribution in [2.75, 3.05) is 13.6 Å². The predicted molar refractivity (Wildman–Crippen MR) is 201 cm³/mol. The van der Waals surface area contributed by atoms with E-state index >= 15 is 0 Å². The zero-order chi connectivity index (χ0) is 33.7. The third-order valence-corrected chi connectivity index (χ3v) is 13.7. The molecule has 1 aliphatic carbocycles. The first-order valence-corrected chi connectivity index (χ1v) is 19.4. The van der Waals surface area contributed by atoms with Gasteiger partial charge in [-0.15, -0.1) is 34.0 Å². The van der Waals surface area contributed by atoms with E-state index in [1.165, 1.54) is 73.4 Å². The van der Waals surface area contributed by atoms with Gasteiger partial charge in [0.05, 0.1) is 23.8 Å². The van der Waals surface area contributed by atoms with Gasteiger partial charge in [0.15, 0.2) is 5.96 Å². The number of halogens is 2. The average molecular weight is 722 g/mol. The number of aryl methyl sites for hydroxylation is 3. The van der Waals surface area contributed by atoms with Crippen LogP contribution in [0, 0.1) is 33.6 Å². The van der Waals surface area contributed by atoms with Crippen LogP contribution in [0.3, 0.4) is 0 Å². The Morgan fingerprint density at radius 1 is 0.833 bits per heavy atom. The summed E-state index contributed by atoms with van der Waals surface area (Å²) in [4.78, 5) is 20.4. The Morgan fingerprint density at radius 3 is 2.31 bits per heavy atom. The number of nitrogens with one attached hydrogen (secondary N) is 3. The lowest BCUT2D eigenvalue weighted by Gasteiger charge is -2.31. The van der Waals surface area contributed by atoms with E-state index in [-0.39, 0.29) is 17.9 Å². The molecule has 252 valence electrons. The smallest absolute Gasteiger partial charge is 0.199 e. The van der Waals surface area contributed by atoms with Crippen molar-refractivity contribution in [3.63, 3.8) is 0 Å². The van der Waals surface area contributed by atoms with E-state index < -0.39 is 6.04 Å². The molecule has 0 spiro atoms. The lowest BCUT2D eigenvalue weighted by atomic mass is 9.93. The molecule has 12 heteroatoms. The van der Waals surface area contributed by atoms with Crippen LogP contribution in [0.4, 0.5) is 4.39 Å². The van der Waals surface area contributed by atoms with Crippen LogP contribution in [0.25, 0.3) is 0 Å². The molecule has 3 aromatic rings. The van der Waals surface area contributed by atoms with Crippen molar-refractivity contribution in [1.29, 1.82) is 0 Å². The van der Waals surface area contributed by atoms with E-state index in [9.17, 15) is 4.39 Å². The summed E-state index contributed by atoms with van der Waals surface area (Å²) in [6.07, 6.45) is 9.30. The summed E-state index contributed by atoms with van der Waals surface area (Å²) in [5.74, 6) is 1.83. The summed E-state index contributed by atoms with van der Waals surface area (Å²) in [6.45, 7) is 11.2. The molecular formula is C36H41ClFN7S3. The van der Waals surface area contributed by atoms with Gasteiger partial charge >= 0.3 is 0 Å². The highest BCUT2D eigenvalue weighted by Crippen LogP contribution is 2.48. The molecule has 48 heavy (non-hydrogen) atoms. The molecular weight excluding hydrogens is 681 g/mol. The van der Waals surface area contributed by atoms with E-state index in [0.717, 1.165) is 29.5 Å². The number of amidine groups is 1. The molecule has 0 aromatic carbocycles. The summed E-state index contributed by atoms with van der Waals surface area (Å²) < 4.78 is 14.8. The van der Waals surface area contributed by atoms with Gasteiger partial charge in [-0.3, -0.25) is 9.98 Å². The van der Waals surface area contributed by atoms with Crippen molar-refractivity contribution in [2.24, 2.45) is 20.9 Å². The standard InChI is InChI=1S/C36H41ClFN7S3/c1-18-14-46-33(20(18)3)30-26(37)11-40-36(44-30)45(6)13-28-29(23-7-8-23)32(42-17-41-28)34-21(4)24(16-48-34)9-10-25-19(2)15-47-35(25)31-27(38)12-39-22(5)43-31/h11-12,14-17,23,30-32H,7-10,13H2,1-6H3,(H,39,43)(H,40,44)(H,41,42). The number of aliphatic imine (C=N–C) groups is 3. The molecule has 0 amide bonds. The van der Waals surface area contributed by atoms with Crippen molar-refractivity contribution in [3.05, 3.63) is 98.7 Å². The van der Waals surface area contributed by atoms with Gasteiger partial charge in [0.2, 0.25) is 0 Å². The third kappa shape index (κ3) is 6.42. The summed E-state index contributed by atoms with van der Waals surface area (Å²) in [6, 6.07) is -0.739. The largest absolute Gasteiger partial charge is 0.349 e. The van der Waals surface area contributed by atoms with Gasteiger partial charge in [-0.1, -0.05) is 11.6 Å². The highest BCUT2D eigenvalue weighted by Gasteiger charge is 2.37. The summed E-state index contributed by atoms with van der Waals surface area (Å²) >= 11 is 11.8. The monoisotopic (exact) mass is 721 g/mol. The van der Waals surface area contributed by atoms with Gasteiger partial charge in [-0.05, 0) is 121 Å². The van der Waals surface area contributed by atoms with Crippen molar-refractivity contribution >= 4 is 63.7 Å². The van der Waals surface area contributed by atoms with Gasteiger partial charge in [0, 0.05) is 39.8 Å². The Balaban J connectivity index is 1.10. The lowest BCUT2D eigenvalue weighted by molar-refractivity contribution is 0.505. The quantitative estimate of drug-likeness (QED) is 0.207. The van der Waals surface area contributed by atoms with Crippen molar-refractivity contribution in [1.82, 2.24) is 20.9 Å². The van der Waals surface area contributed by atoms with Crippen molar-refractivity contribution in [2.45, 2.75) is 78.4 Å². The lowest BCUT2D eigenvalue weighted by Crippen LogP contribution is -2.42. The van der Waals surface area contributed by atoms with Gasteiger partial charge in [0.1, 0.15) is 24.0 Å². The van der Waals surface area contributed by atoms with Gasteiger partial charge < -0.3 is 20.9 Å². The molecule has 4 aliphatic rings. The first-order chi connectivity index (χ1) is 23.1. The maximum absolute atomic E-state index is 14.8. The Morgan fingerprint density at radius 2 is 1.56 bits per heavy atom. The van der Waals surface area contributed by atoms with Gasteiger partial charge in [-0.25, -0.2) is 9.38 Å². The molecule has 3 aromatic heterocycles. The molecule has 1 saturated carbocycles. The van der Waals surface area contributed by atoms with Gasteiger partial charge in [-0.2, -0.15) is 0 Å². The SMILES string of the molecule is CC1=NC(c2scc(C)c2CCc2csc(C3N=CNC(CN(C)C4=NC(c5scc(C)c5C)C(Cl)=CN4)=C3C3CC3)c2C)C(F)=CN1. The number of likely N-dealkylation sites (N-methyl/N-ethyl adjacent to an activating group) is 1. The molecule has 1 fully saturated rings. The second kappa shape index (κ2) is 13.6. The fourth-order valence-electron chi connectivity index (χ4n) is 6.67. The second-order valence-electron chi connectivity index (χ2n) is 13.1. The topological polar surface area (TPSA) is 76.4 Å². The minimum atomic E-state index is -0.552. The number of nitrogens with zero attached hydrogens (tertiary/aromatic N) is 4. The van der Waals surface area contributed by atoms with Crippen LogP contribution >= 0.6 is 45.6 Å². The first-order valence-electron chi connectivity index (χ1n) is 16.4. The van der Waals surface area contributed by atoms with Gasteiger partial charge in [0.25, 0.3) is 0 Å². The molecule has 0 saturated heterocycles. The zero-order valence-electron chi connectivity index (χ0n) is 28.1. The fraction of sp³-hybridized carbons (Fsp3) is 0.417. The predicted octanol–water partition coefficient (Wildman–Crippen LogP) is 8.81. The number of hydrogen-bond acceptors (Lipinski definition) is 10. The van der Waals surface area contributed by atoms with Crippen molar-refractivity contribution in [3.8, 4) is 0 Å². The van der Waals surface area contributed by atoms with E-state index in [1.54, 1.807) is 22.7 Å². The Bertz CT molecular complexity index is 1920. The van der Waals surface area contributed by atoms with Crippen molar-refractivity contribution < 1.29 is 4.39 Å². The van der Waals surface area contributed by atoms with Crippen LogP contribution in [0.15, 0.2) is 65.6 Å². The first kappa shape index (κ1) is 33.3. The molecule has 7 rings (SSSR count). The normalized spacial score (nSPS) is 22.4. The second-order valence-corrected chi connectivity index (χ2v) is 16.3. The molecule has 0 bridgehead atoms. The Hall–Kier alpha value is -3.25. The molecule has 0 radical (unpaired) electrons. The molecule has 6 heterocycles. The Kier molecular flexibility index (Phi) is 9.40. The Labute approximate surface area is 299 Å². The molecule has 7 nitrogen and oxygen atoms in total. The maximum atomic E-state index is 14.8. The maximum Gasteiger partial charge on any atom is 0.199 e. The van der Waals surface area contributed by atoms with Crippen LogP contribution in [0.2, 0.25) is 0 Å². The average Bonchev–Trinajstić information content (AvgIpc) is 3.64. The minimum Gasteiger partial charge on any atom is -0.349 e. The number of hydrogen-bond donors (Lipinski definition) is 3. The molecule has 3 unspecified atom stereocenters. The van der Waals surface area contributed by atoms with Crippen LogP contribution < -0.4 is 16.0 Å². The third-order valence-electron chi connectivity index (χ3n) is 9.76. The van der Waals surface area contributed by atoms with E-state index in [1.807, 2.05) is 30.8 Å². The van der Waals surface area contributed by atoms with Crippen LogP contribution in [0.1, 0.15) is 85.9 Å². The number of thiophene rings is 3. The van der Waals surface area contributed by atoms with Crippen LogP contribution in [-0.2, 0) is 12.8 Å². The highest BCUT2D eigenvalue weighted by atomic mass is 35.5. The number of guanidine groups is 1. The summed E-state index contributed by atoms with van der Waals surface area (Å²) in [5.41, 5.74) is 10.2. The number of rotatable bonds is 9. The molecule has 3 N–H and O–H groups in total. The van der Waals surface area contributed by atoms with Crippen LogP contribution in [0.5, 0.6) is 0 Å². The molecule has 3 atom stereocenters. The van der Waals surface area contributed by atoms with E-state index in [4.69, 9.17) is 21.6 Å². The van der Waals surface area contributed by atoms with E-state index in [0.29, 0.717) is 17.5 Å². The molecule has 3 aliphatic heterocycles. The highest BCUT2D eigenvalue weighted by molar-refractivity contribution is 7.11. The fourth-order valence-corrected chi connectivity index (χ4v) is 10.4. The zero-order valence-corrected chi connectivity index (χ0v) is 31.3. The summed E-state index contributed by atoms with van der Waals surface area (Å²) in [5, 5.41) is 17.1.